The van der Waals surface area contributed by atoms with E-state index in [1.165, 1.54) is 5.06 Å². The second-order valence-corrected chi connectivity index (χ2v) is 10.1. The number of hydrogen-bond acceptors (Lipinski definition) is 4. The normalized spacial score (nSPS) is 28.4. The van der Waals surface area contributed by atoms with Gasteiger partial charge in [-0.1, -0.05) is 45.2 Å². The minimum Gasteiger partial charge on any atom is -0.459 e. The Hall–Kier alpha value is 0.850. The second kappa shape index (κ2) is 4.85. The van der Waals surface area contributed by atoms with Gasteiger partial charge in [0.2, 0.25) is 0 Å². The molecule has 1 fully saturated rings. The number of esters is 1. The molecule has 0 aromatic heterocycles. The molecule has 0 spiro atoms. The summed E-state index contributed by atoms with van der Waals surface area (Å²) in [6, 6.07) is 0. The van der Waals surface area contributed by atoms with Crippen molar-refractivity contribution >= 4 is 51.2 Å². The van der Waals surface area contributed by atoms with E-state index < -0.39 is 5.54 Å². The van der Waals surface area contributed by atoms with E-state index in [0.29, 0.717) is 6.42 Å². The van der Waals surface area contributed by atoms with Crippen LogP contribution in [-0.2, 0) is 9.53 Å². The fraction of sp³-hybridized carbons (Fsp3) is 0.900. The Bertz CT molecular complexity index is 292. The zero-order valence-corrected chi connectivity index (χ0v) is 14.1. The molecule has 1 aliphatic heterocycles. The molecule has 0 aromatic carbocycles. The van der Waals surface area contributed by atoms with Crippen molar-refractivity contribution in [1.82, 2.24) is 5.06 Å². The van der Waals surface area contributed by atoms with Crippen LogP contribution in [0.4, 0.5) is 0 Å². The molecule has 16 heavy (non-hydrogen) atoms. The highest BCUT2D eigenvalue weighted by atomic mass is 127. The molecule has 0 radical (unpaired) electrons. The lowest BCUT2D eigenvalue weighted by atomic mass is 9.97. The zero-order chi connectivity index (χ0) is 12.7. The first-order valence-electron chi connectivity index (χ1n) is 5.07. The summed E-state index contributed by atoms with van der Waals surface area (Å²) >= 11 is 4.03. The third-order valence-corrected chi connectivity index (χ3v) is 4.05. The maximum Gasteiger partial charge on any atom is 0.329 e. The van der Waals surface area contributed by atoms with Gasteiger partial charge in [0.1, 0.15) is 6.10 Å². The van der Waals surface area contributed by atoms with Crippen molar-refractivity contribution in [1.29, 1.82) is 0 Å². The lowest BCUT2D eigenvalue weighted by Gasteiger charge is -2.35. The molecular weight excluding hydrogens is 436 g/mol. The van der Waals surface area contributed by atoms with E-state index in [1.54, 1.807) is 0 Å². The summed E-state index contributed by atoms with van der Waals surface area (Å²) in [5.41, 5.74) is -0.901. The van der Waals surface area contributed by atoms with Crippen LogP contribution in [0.25, 0.3) is 0 Å². The molecule has 6 heteroatoms. The Morgan fingerprint density at radius 2 is 1.94 bits per heavy atom. The highest BCUT2D eigenvalue weighted by molar-refractivity contribution is 14.2. The van der Waals surface area contributed by atoms with Crippen LogP contribution in [0.1, 0.15) is 34.1 Å². The second-order valence-electron chi connectivity index (χ2n) is 5.21. The molecule has 0 bridgehead atoms. The highest BCUT2D eigenvalue weighted by Gasteiger charge is 2.53. The average molecular weight is 453 g/mol. The molecule has 94 valence electrons. The van der Waals surface area contributed by atoms with Gasteiger partial charge in [0.25, 0.3) is 0 Å². The molecule has 0 saturated carbocycles. The first-order valence-corrected chi connectivity index (χ1v) is 7.56. The molecule has 0 aromatic rings. The fourth-order valence-corrected chi connectivity index (χ4v) is 2.38. The van der Waals surface area contributed by atoms with Crippen molar-refractivity contribution in [3.05, 3.63) is 0 Å². The number of ether oxygens (including phenoxy) is 1. The molecule has 0 aliphatic carbocycles. The summed E-state index contributed by atoms with van der Waals surface area (Å²) in [5, 5.41) is 11.3. The van der Waals surface area contributed by atoms with Crippen LogP contribution in [0.3, 0.4) is 0 Å². The molecule has 1 rings (SSSR count). The van der Waals surface area contributed by atoms with Crippen LogP contribution in [0.5, 0.6) is 0 Å². The van der Waals surface area contributed by atoms with E-state index in [0.717, 1.165) is 0 Å². The van der Waals surface area contributed by atoms with Crippen LogP contribution in [-0.4, -0.2) is 35.4 Å². The zero-order valence-electron chi connectivity index (χ0n) is 9.83. The molecule has 1 unspecified atom stereocenters. The largest absolute Gasteiger partial charge is 0.459 e. The fourth-order valence-electron chi connectivity index (χ4n) is 2.08. The third-order valence-electron chi connectivity index (χ3n) is 3.03. The van der Waals surface area contributed by atoms with Gasteiger partial charge in [-0.05, 0) is 27.7 Å². The van der Waals surface area contributed by atoms with E-state index in [2.05, 4.69) is 0 Å². The number of rotatable bonds is 2. The Labute approximate surface area is 123 Å². The third kappa shape index (κ3) is 2.81. The van der Waals surface area contributed by atoms with Gasteiger partial charge in [-0.15, -0.1) is 0 Å². The minimum atomic E-state index is -0.540. The van der Waals surface area contributed by atoms with Crippen LogP contribution in [0, 0.1) is 0 Å². The Morgan fingerprint density at radius 1 is 1.44 bits per heavy atom. The smallest absolute Gasteiger partial charge is 0.329 e. The summed E-state index contributed by atoms with van der Waals surface area (Å²) < 4.78 is 5.25. The van der Waals surface area contributed by atoms with Crippen molar-refractivity contribution in [2.45, 2.75) is 53.2 Å². The quantitative estimate of drug-likeness (QED) is 0.397. The van der Waals surface area contributed by atoms with Gasteiger partial charge in [-0.2, -0.15) is 5.06 Å². The predicted octanol–water partition coefficient (Wildman–Crippen LogP) is 2.75. The standard InChI is InChI=1S/C10H17I2NO3/c1-9(2)5-6(10(3,4)13(9)15)16-8(14)7(11)12/h6-7,15H,5H2,1-4H3. The Balaban J connectivity index is 2.80. The van der Waals surface area contributed by atoms with E-state index in [-0.39, 0.29) is 19.5 Å². The summed E-state index contributed by atoms with van der Waals surface area (Å²) in [5.74, 6) is -0.231. The molecule has 1 N–H and O–H groups in total. The van der Waals surface area contributed by atoms with Crippen molar-refractivity contribution < 1.29 is 14.7 Å². The first-order chi connectivity index (χ1) is 7.09. The number of hydroxylamine groups is 2. The SMILES string of the molecule is CC1(C)CC(OC(=O)C(I)I)C(C)(C)N1O. The van der Waals surface area contributed by atoms with Crippen molar-refractivity contribution in [2.24, 2.45) is 0 Å². The number of carbonyl (C=O) groups excluding carboxylic acids is 1. The van der Waals surface area contributed by atoms with Gasteiger partial charge in [-0.25, -0.2) is 0 Å². The van der Waals surface area contributed by atoms with Gasteiger partial charge in [0, 0.05) is 12.0 Å². The van der Waals surface area contributed by atoms with Gasteiger partial charge in [0.05, 0.1) is 5.54 Å². The highest BCUT2D eigenvalue weighted by Crippen LogP contribution is 2.41. The lowest BCUT2D eigenvalue weighted by Crippen LogP contribution is -2.49. The van der Waals surface area contributed by atoms with Gasteiger partial charge in [0.15, 0.2) is 1.93 Å². The summed E-state index contributed by atoms with van der Waals surface area (Å²) in [6.07, 6.45) is 0.370. The maximum absolute atomic E-state index is 11.6. The van der Waals surface area contributed by atoms with Crippen molar-refractivity contribution in [2.75, 3.05) is 0 Å². The van der Waals surface area contributed by atoms with Gasteiger partial charge >= 0.3 is 5.97 Å². The van der Waals surface area contributed by atoms with Crippen LogP contribution in [0.2, 0.25) is 0 Å². The van der Waals surface area contributed by atoms with E-state index >= 15 is 0 Å². The van der Waals surface area contributed by atoms with Crippen LogP contribution >= 0.6 is 45.2 Å². The molecule has 1 heterocycles. The summed E-state index contributed by atoms with van der Waals surface area (Å²) in [7, 11) is 0. The van der Waals surface area contributed by atoms with E-state index in [4.69, 9.17) is 4.74 Å². The van der Waals surface area contributed by atoms with Crippen molar-refractivity contribution in [3.8, 4) is 0 Å². The van der Waals surface area contributed by atoms with Crippen LogP contribution < -0.4 is 0 Å². The number of hydrogen-bond donors (Lipinski definition) is 1. The minimum absolute atomic E-state index is 0.193. The van der Waals surface area contributed by atoms with E-state index in [1.807, 2.05) is 72.9 Å². The van der Waals surface area contributed by atoms with Crippen LogP contribution in [0.15, 0.2) is 0 Å². The number of alkyl halides is 2. The average Bonchev–Trinajstić information content (AvgIpc) is 2.27. The maximum atomic E-state index is 11.6. The Morgan fingerprint density at radius 3 is 2.25 bits per heavy atom. The Kier molecular flexibility index (Phi) is 4.52. The summed E-state index contributed by atoms with van der Waals surface area (Å²) in [6.45, 7) is 7.65. The molecule has 4 nitrogen and oxygen atoms in total. The molecule has 1 saturated heterocycles. The van der Waals surface area contributed by atoms with Gasteiger partial charge < -0.3 is 9.94 Å². The summed E-state index contributed by atoms with van der Waals surface area (Å²) in [4.78, 5) is 11.6. The molecule has 1 atom stereocenters. The molecular formula is C10H17I2NO3. The number of nitrogens with zero attached hydrogens (tertiary/aromatic N) is 1. The topological polar surface area (TPSA) is 49.8 Å². The number of halogens is 2. The van der Waals surface area contributed by atoms with Crippen molar-refractivity contribution in [3.63, 3.8) is 0 Å². The first kappa shape index (κ1) is 14.9. The van der Waals surface area contributed by atoms with E-state index in [9.17, 15) is 10.0 Å². The van der Waals surface area contributed by atoms with Gasteiger partial charge in [-0.3, -0.25) is 4.79 Å². The monoisotopic (exact) mass is 453 g/mol. The predicted molar refractivity (Wildman–Crippen MR) is 78.1 cm³/mol. The molecule has 0 amide bonds. The molecule has 1 aliphatic rings. The number of carbonyl (C=O) groups is 1. The lowest BCUT2D eigenvalue weighted by molar-refractivity contribution is -0.205.